The summed E-state index contributed by atoms with van der Waals surface area (Å²) in [6, 6.07) is 7.84. The van der Waals surface area contributed by atoms with Gasteiger partial charge in [-0.1, -0.05) is 41.4 Å². The van der Waals surface area contributed by atoms with Crippen molar-refractivity contribution in [1.82, 2.24) is 29.9 Å². The van der Waals surface area contributed by atoms with Crippen LogP contribution in [0.4, 0.5) is 0 Å². The largest absolute Gasteiger partial charge is 0.345 e. The molecule has 4 rings (SSSR count). The molecular weight excluding hydrogens is 419 g/mol. The second kappa shape index (κ2) is 7.69. The summed E-state index contributed by atoms with van der Waals surface area (Å²) in [6.45, 7) is 2.39. The van der Waals surface area contributed by atoms with Crippen LogP contribution in [0.2, 0.25) is 10.2 Å². The van der Waals surface area contributed by atoms with Crippen molar-refractivity contribution >= 4 is 41.3 Å². The molecule has 1 aliphatic carbocycles. The van der Waals surface area contributed by atoms with Crippen molar-refractivity contribution in [2.45, 2.75) is 38.9 Å². The molecule has 0 bridgehead atoms. The van der Waals surface area contributed by atoms with E-state index in [0.717, 1.165) is 18.4 Å². The number of nitrogens with one attached hydrogen (secondary N) is 2. The molecule has 1 aliphatic rings. The maximum atomic E-state index is 12.7. The second-order valence-corrected chi connectivity index (χ2v) is 7.88. The maximum Gasteiger partial charge on any atom is 0.256 e. The van der Waals surface area contributed by atoms with Gasteiger partial charge in [0, 0.05) is 11.1 Å². The van der Waals surface area contributed by atoms with E-state index in [0.29, 0.717) is 39.5 Å². The van der Waals surface area contributed by atoms with Crippen LogP contribution in [-0.2, 0) is 13.1 Å². The van der Waals surface area contributed by atoms with E-state index in [1.54, 1.807) is 17.7 Å². The van der Waals surface area contributed by atoms with Gasteiger partial charge in [0.05, 0.1) is 24.3 Å². The van der Waals surface area contributed by atoms with Crippen LogP contribution in [0.3, 0.4) is 0 Å². The van der Waals surface area contributed by atoms with E-state index in [-0.39, 0.29) is 17.6 Å². The Balaban J connectivity index is 1.51. The van der Waals surface area contributed by atoms with Crippen LogP contribution in [0.15, 0.2) is 24.3 Å². The number of benzene rings is 1. The number of aryl methyl sites for hydroxylation is 1. The third-order valence-corrected chi connectivity index (χ3v) is 5.71. The Hall–Kier alpha value is -2.16. The monoisotopic (exact) mass is 436 g/mol. The van der Waals surface area contributed by atoms with Gasteiger partial charge in [0.15, 0.2) is 10.6 Å². The Labute approximate surface area is 176 Å². The molecule has 1 saturated carbocycles. The summed E-state index contributed by atoms with van der Waals surface area (Å²) in [5.74, 6) is 0.405. The van der Waals surface area contributed by atoms with Gasteiger partial charge in [-0.25, -0.2) is 4.68 Å². The highest BCUT2D eigenvalue weighted by Gasteiger charge is 2.28. The van der Waals surface area contributed by atoms with Gasteiger partial charge < -0.3 is 5.32 Å². The van der Waals surface area contributed by atoms with Crippen molar-refractivity contribution < 1.29 is 4.79 Å². The Kier molecular flexibility index (Phi) is 5.27. The van der Waals surface area contributed by atoms with Crippen molar-refractivity contribution in [2.75, 3.05) is 0 Å². The van der Waals surface area contributed by atoms with Crippen molar-refractivity contribution in [1.29, 1.82) is 0 Å². The standard InChI is InChI=1S/C18H18Cl2N6OS/c1-10-15(16(20)25(24-10)9-11-4-2-3-5-13(11)19)17(27)21-8-14-22-23-18(28)26(14)12-6-7-12/h2-5,12H,6-9H2,1H3,(H,21,27)(H,23,28). The van der Waals surface area contributed by atoms with E-state index in [2.05, 4.69) is 20.6 Å². The van der Waals surface area contributed by atoms with Crippen molar-refractivity contribution in [2.24, 2.45) is 0 Å². The highest BCUT2D eigenvalue weighted by atomic mass is 35.5. The molecule has 2 heterocycles. The molecular formula is C18H18Cl2N6OS. The van der Waals surface area contributed by atoms with Gasteiger partial charge in [-0.05, 0) is 43.6 Å². The first-order valence-corrected chi connectivity index (χ1v) is 10.0. The average molecular weight is 437 g/mol. The molecule has 3 aromatic rings. The first-order chi connectivity index (χ1) is 13.5. The molecule has 7 nitrogen and oxygen atoms in total. The van der Waals surface area contributed by atoms with Crippen molar-refractivity contribution in [3.8, 4) is 0 Å². The molecule has 0 spiro atoms. The Morgan fingerprint density at radius 1 is 1.36 bits per heavy atom. The minimum atomic E-state index is -0.302. The molecule has 1 fully saturated rings. The number of hydrogen-bond acceptors (Lipinski definition) is 4. The lowest BCUT2D eigenvalue weighted by molar-refractivity contribution is 0.0949. The quantitative estimate of drug-likeness (QED) is 0.570. The van der Waals surface area contributed by atoms with Gasteiger partial charge in [0.25, 0.3) is 5.91 Å². The molecule has 2 N–H and O–H groups in total. The number of aromatic amines is 1. The predicted octanol–water partition coefficient (Wildman–Crippen LogP) is 4.07. The summed E-state index contributed by atoms with van der Waals surface area (Å²) < 4.78 is 4.12. The minimum Gasteiger partial charge on any atom is -0.345 e. The summed E-state index contributed by atoms with van der Waals surface area (Å²) in [6.07, 6.45) is 2.16. The lowest BCUT2D eigenvalue weighted by Gasteiger charge is -2.08. The number of halogens is 2. The zero-order valence-electron chi connectivity index (χ0n) is 15.1. The molecule has 10 heteroatoms. The number of aromatic nitrogens is 5. The van der Waals surface area contributed by atoms with E-state index in [4.69, 9.17) is 35.4 Å². The van der Waals surface area contributed by atoms with Crippen LogP contribution in [0, 0.1) is 11.7 Å². The fourth-order valence-corrected chi connectivity index (χ4v) is 3.94. The molecule has 0 aliphatic heterocycles. The third kappa shape index (κ3) is 3.72. The van der Waals surface area contributed by atoms with Crippen molar-refractivity contribution in [3.05, 3.63) is 61.9 Å². The molecule has 0 saturated heterocycles. The zero-order valence-corrected chi connectivity index (χ0v) is 17.4. The Morgan fingerprint density at radius 2 is 2.11 bits per heavy atom. The zero-order chi connectivity index (χ0) is 19.8. The fourth-order valence-electron chi connectivity index (χ4n) is 3.12. The average Bonchev–Trinajstić information content (AvgIpc) is 3.37. The first kappa shape index (κ1) is 19.2. The summed E-state index contributed by atoms with van der Waals surface area (Å²) >= 11 is 17.9. The number of amides is 1. The van der Waals surface area contributed by atoms with Gasteiger partial charge in [-0.15, -0.1) is 0 Å². The molecule has 0 radical (unpaired) electrons. The number of nitrogens with zero attached hydrogens (tertiary/aromatic N) is 4. The normalized spacial score (nSPS) is 13.7. The van der Waals surface area contributed by atoms with Gasteiger partial charge >= 0.3 is 0 Å². The topological polar surface area (TPSA) is 80.5 Å². The highest BCUT2D eigenvalue weighted by molar-refractivity contribution is 7.71. The summed E-state index contributed by atoms with van der Waals surface area (Å²) in [5, 5.41) is 15.2. The van der Waals surface area contributed by atoms with Crippen LogP contribution < -0.4 is 5.32 Å². The highest BCUT2D eigenvalue weighted by Crippen LogP contribution is 2.35. The maximum absolute atomic E-state index is 12.7. The van der Waals surface area contributed by atoms with Crippen LogP contribution in [0.1, 0.15) is 46.3 Å². The number of carbonyl (C=O) groups excluding carboxylic acids is 1. The van der Waals surface area contributed by atoms with Crippen molar-refractivity contribution in [3.63, 3.8) is 0 Å². The van der Waals surface area contributed by atoms with E-state index < -0.39 is 0 Å². The summed E-state index contributed by atoms with van der Waals surface area (Å²) in [4.78, 5) is 12.7. The van der Waals surface area contributed by atoms with E-state index >= 15 is 0 Å². The number of rotatable bonds is 6. The lowest BCUT2D eigenvalue weighted by atomic mass is 10.2. The lowest BCUT2D eigenvalue weighted by Crippen LogP contribution is -2.25. The Morgan fingerprint density at radius 3 is 2.82 bits per heavy atom. The van der Waals surface area contributed by atoms with E-state index in [1.807, 2.05) is 22.8 Å². The molecule has 2 aromatic heterocycles. The van der Waals surface area contributed by atoms with Crippen LogP contribution in [0.25, 0.3) is 0 Å². The van der Waals surface area contributed by atoms with Gasteiger partial charge in [-0.3, -0.25) is 14.5 Å². The van der Waals surface area contributed by atoms with Gasteiger partial charge in [0.2, 0.25) is 0 Å². The van der Waals surface area contributed by atoms with Crippen LogP contribution >= 0.6 is 35.4 Å². The fraction of sp³-hybridized carbons (Fsp3) is 0.333. The molecule has 1 amide bonds. The SMILES string of the molecule is Cc1nn(Cc2ccccc2Cl)c(Cl)c1C(=O)NCc1n[nH]c(=S)n1C1CC1. The van der Waals surface area contributed by atoms with Gasteiger partial charge in [-0.2, -0.15) is 10.2 Å². The summed E-state index contributed by atoms with van der Waals surface area (Å²) in [5.41, 5.74) is 1.77. The van der Waals surface area contributed by atoms with Crippen LogP contribution in [0.5, 0.6) is 0 Å². The molecule has 1 aromatic carbocycles. The minimum absolute atomic E-state index is 0.258. The summed E-state index contributed by atoms with van der Waals surface area (Å²) in [7, 11) is 0. The predicted molar refractivity (Wildman–Crippen MR) is 109 cm³/mol. The number of carbonyl (C=O) groups is 1. The van der Waals surface area contributed by atoms with Gasteiger partial charge in [0.1, 0.15) is 5.15 Å². The first-order valence-electron chi connectivity index (χ1n) is 8.86. The number of hydrogen-bond donors (Lipinski definition) is 2. The second-order valence-electron chi connectivity index (χ2n) is 6.73. The van der Waals surface area contributed by atoms with Crippen LogP contribution in [-0.4, -0.2) is 30.5 Å². The molecule has 0 unspecified atom stereocenters. The van der Waals surface area contributed by atoms with E-state index in [1.165, 1.54) is 0 Å². The molecule has 28 heavy (non-hydrogen) atoms. The Bertz CT molecular complexity index is 1100. The molecule has 146 valence electrons. The molecule has 0 atom stereocenters. The third-order valence-electron chi connectivity index (χ3n) is 4.67. The number of H-pyrrole nitrogens is 1. The van der Waals surface area contributed by atoms with E-state index in [9.17, 15) is 4.79 Å². The smallest absolute Gasteiger partial charge is 0.256 e.